The molecule has 1 unspecified atom stereocenters. The Morgan fingerprint density at radius 3 is 3.06 bits per heavy atom. The highest BCUT2D eigenvalue weighted by Crippen LogP contribution is 2.40. The van der Waals surface area contributed by atoms with E-state index in [-0.39, 0.29) is 11.6 Å². The van der Waals surface area contributed by atoms with Crippen LogP contribution in [0.2, 0.25) is 0 Å². The zero-order valence-corrected chi connectivity index (χ0v) is 11.8. The van der Waals surface area contributed by atoms with Crippen molar-refractivity contribution in [3.05, 3.63) is 28.2 Å². The van der Waals surface area contributed by atoms with E-state index in [0.717, 1.165) is 28.6 Å². The molecule has 0 saturated carbocycles. The van der Waals surface area contributed by atoms with Gasteiger partial charge in [-0.25, -0.2) is 0 Å². The number of benzene rings is 1. The van der Waals surface area contributed by atoms with E-state index in [4.69, 9.17) is 15.2 Å². The molecular weight excluding hydrogens is 282 g/mol. The van der Waals surface area contributed by atoms with Gasteiger partial charge < -0.3 is 15.2 Å². The van der Waals surface area contributed by atoms with Crippen LogP contribution in [0.1, 0.15) is 31.4 Å². The molecule has 1 aliphatic heterocycles. The average molecular weight is 300 g/mol. The van der Waals surface area contributed by atoms with Crippen molar-refractivity contribution in [2.24, 2.45) is 5.73 Å². The van der Waals surface area contributed by atoms with Gasteiger partial charge in [-0.3, -0.25) is 0 Å². The third-order valence-corrected chi connectivity index (χ3v) is 3.71. The van der Waals surface area contributed by atoms with Crippen molar-refractivity contribution in [2.45, 2.75) is 31.4 Å². The fraction of sp³-hybridized carbons (Fsp3) is 0.538. The first-order valence-corrected chi connectivity index (χ1v) is 6.56. The molecule has 2 N–H and O–H groups in total. The number of hydrogen-bond acceptors (Lipinski definition) is 3. The largest absolute Gasteiger partial charge is 0.487 e. The van der Waals surface area contributed by atoms with E-state index >= 15 is 0 Å². The maximum absolute atomic E-state index is 6.22. The van der Waals surface area contributed by atoms with Crippen molar-refractivity contribution in [1.82, 2.24) is 0 Å². The van der Waals surface area contributed by atoms with E-state index in [1.807, 2.05) is 18.2 Å². The molecule has 3 nitrogen and oxygen atoms in total. The Hall–Kier alpha value is -0.580. The van der Waals surface area contributed by atoms with Crippen molar-refractivity contribution in [3.8, 4) is 5.75 Å². The lowest BCUT2D eigenvalue weighted by atomic mass is 9.87. The number of rotatable bonds is 3. The van der Waals surface area contributed by atoms with Gasteiger partial charge in [0.1, 0.15) is 11.4 Å². The Bertz CT molecular complexity index is 410. The molecule has 0 spiro atoms. The van der Waals surface area contributed by atoms with Gasteiger partial charge in [0.25, 0.3) is 0 Å². The third-order valence-electron chi connectivity index (χ3n) is 3.21. The van der Waals surface area contributed by atoms with Gasteiger partial charge in [-0.15, -0.1) is 0 Å². The summed E-state index contributed by atoms with van der Waals surface area (Å²) in [6, 6.07) is 6.02. The first-order chi connectivity index (χ1) is 8.04. The van der Waals surface area contributed by atoms with Crippen LogP contribution in [0, 0.1) is 0 Å². The highest BCUT2D eigenvalue weighted by atomic mass is 79.9. The molecule has 1 heterocycles. The number of fused-ring (bicyclic) bond motifs is 1. The topological polar surface area (TPSA) is 44.5 Å². The average Bonchev–Trinajstić information content (AvgIpc) is 2.28. The van der Waals surface area contributed by atoms with E-state index in [1.165, 1.54) is 0 Å². The van der Waals surface area contributed by atoms with E-state index in [1.54, 1.807) is 7.11 Å². The summed E-state index contributed by atoms with van der Waals surface area (Å²) < 4.78 is 12.2. The molecule has 2 atom stereocenters. The Morgan fingerprint density at radius 2 is 2.35 bits per heavy atom. The van der Waals surface area contributed by atoms with Gasteiger partial charge in [0.05, 0.1) is 0 Å². The highest BCUT2D eigenvalue weighted by molar-refractivity contribution is 9.10. The quantitative estimate of drug-likeness (QED) is 0.933. The van der Waals surface area contributed by atoms with Crippen LogP contribution < -0.4 is 10.5 Å². The molecule has 94 valence electrons. The predicted molar refractivity (Wildman–Crippen MR) is 71.2 cm³/mol. The van der Waals surface area contributed by atoms with Gasteiger partial charge in [0, 0.05) is 42.6 Å². The first-order valence-electron chi connectivity index (χ1n) is 5.77. The zero-order valence-electron chi connectivity index (χ0n) is 10.2. The van der Waals surface area contributed by atoms with Crippen LogP contribution in [0.25, 0.3) is 0 Å². The van der Waals surface area contributed by atoms with Crippen molar-refractivity contribution in [3.63, 3.8) is 0 Å². The molecule has 17 heavy (non-hydrogen) atoms. The van der Waals surface area contributed by atoms with Crippen molar-refractivity contribution in [2.75, 3.05) is 13.7 Å². The van der Waals surface area contributed by atoms with Crippen LogP contribution in [0.4, 0.5) is 0 Å². The van der Waals surface area contributed by atoms with Gasteiger partial charge in [-0.2, -0.15) is 0 Å². The number of ether oxygens (including phenoxy) is 2. The molecule has 4 heteroatoms. The van der Waals surface area contributed by atoms with Crippen LogP contribution in [0.15, 0.2) is 22.7 Å². The van der Waals surface area contributed by atoms with Crippen LogP contribution in [0.5, 0.6) is 5.75 Å². The maximum atomic E-state index is 6.22. The van der Waals surface area contributed by atoms with Crippen LogP contribution in [-0.2, 0) is 4.74 Å². The van der Waals surface area contributed by atoms with E-state index in [9.17, 15) is 0 Å². The lowest BCUT2D eigenvalue weighted by Gasteiger charge is -2.38. The molecule has 1 aliphatic rings. The third kappa shape index (κ3) is 2.81. The van der Waals surface area contributed by atoms with Crippen LogP contribution in [0.3, 0.4) is 0 Å². The Labute approximate surface area is 110 Å². The predicted octanol–water partition coefficient (Wildman–Crippen LogP) is 3.03. The number of methoxy groups -OCH3 is 1. The molecule has 1 aromatic carbocycles. The Balaban J connectivity index is 2.23. The molecule has 0 amide bonds. The Kier molecular flexibility index (Phi) is 3.76. The first kappa shape index (κ1) is 12.9. The second-order valence-corrected chi connectivity index (χ2v) is 5.70. The zero-order chi connectivity index (χ0) is 12.5. The summed E-state index contributed by atoms with van der Waals surface area (Å²) in [5.41, 5.74) is 7.07. The summed E-state index contributed by atoms with van der Waals surface area (Å²) in [7, 11) is 1.71. The molecule has 1 aromatic rings. The molecule has 0 bridgehead atoms. The second kappa shape index (κ2) is 4.96. The molecule has 2 rings (SSSR count). The second-order valence-electron chi connectivity index (χ2n) is 4.79. The van der Waals surface area contributed by atoms with Crippen molar-refractivity contribution in [1.29, 1.82) is 0 Å². The van der Waals surface area contributed by atoms with Gasteiger partial charge in [-0.1, -0.05) is 15.9 Å². The number of hydrogen-bond donors (Lipinski definition) is 1. The summed E-state index contributed by atoms with van der Waals surface area (Å²) in [5.74, 6) is 0.894. The maximum Gasteiger partial charge on any atom is 0.124 e. The minimum absolute atomic E-state index is 0.0260. The molecule has 0 saturated heterocycles. The smallest absolute Gasteiger partial charge is 0.124 e. The van der Waals surface area contributed by atoms with E-state index in [0.29, 0.717) is 6.61 Å². The van der Waals surface area contributed by atoms with Gasteiger partial charge >= 0.3 is 0 Å². The van der Waals surface area contributed by atoms with Gasteiger partial charge in [0.2, 0.25) is 0 Å². The highest BCUT2D eigenvalue weighted by Gasteiger charge is 2.35. The number of halogens is 1. The number of nitrogens with two attached hydrogens (primary N) is 1. The monoisotopic (exact) mass is 299 g/mol. The lowest BCUT2D eigenvalue weighted by molar-refractivity contribution is 0.0215. The van der Waals surface area contributed by atoms with Crippen LogP contribution >= 0.6 is 15.9 Å². The standard InChI is InChI=1S/C13H18BrNO2/c1-13(5-6-16-2)8-11(15)10-7-9(14)3-4-12(10)17-13/h3-4,7,11H,5-6,8,15H2,1-2H3/t11-,13?/m1/s1. The normalized spacial score (nSPS) is 27.4. The molecular formula is C13H18BrNO2. The summed E-state index contributed by atoms with van der Waals surface area (Å²) >= 11 is 3.46. The molecule has 0 aliphatic carbocycles. The van der Waals surface area contributed by atoms with Crippen molar-refractivity contribution < 1.29 is 9.47 Å². The minimum atomic E-state index is -0.226. The lowest BCUT2D eigenvalue weighted by Crippen LogP contribution is -2.41. The SMILES string of the molecule is COCCC1(C)C[C@@H](N)c2cc(Br)ccc2O1. The summed E-state index contributed by atoms with van der Waals surface area (Å²) in [5, 5.41) is 0. The summed E-state index contributed by atoms with van der Waals surface area (Å²) in [6.07, 6.45) is 1.67. The van der Waals surface area contributed by atoms with E-state index < -0.39 is 0 Å². The molecule has 0 radical (unpaired) electrons. The fourth-order valence-corrected chi connectivity index (χ4v) is 2.63. The fourth-order valence-electron chi connectivity index (χ4n) is 2.26. The van der Waals surface area contributed by atoms with E-state index in [2.05, 4.69) is 22.9 Å². The summed E-state index contributed by atoms with van der Waals surface area (Å²) in [4.78, 5) is 0. The summed E-state index contributed by atoms with van der Waals surface area (Å²) in [6.45, 7) is 2.78. The minimum Gasteiger partial charge on any atom is -0.487 e. The van der Waals surface area contributed by atoms with Gasteiger partial charge in [-0.05, 0) is 25.1 Å². The van der Waals surface area contributed by atoms with Gasteiger partial charge in [0.15, 0.2) is 0 Å². The van der Waals surface area contributed by atoms with Crippen LogP contribution in [-0.4, -0.2) is 19.3 Å². The molecule has 0 aromatic heterocycles. The molecule has 0 fully saturated rings. The Morgan fingerprint density at radius 1 is 1.59 bits per heavy atom. The van der Waals surface area contributed by atoms with Crippen molar-refractivity contribution >= 4 is 15.9 Å².